The van der Waals surface area contributed by atoms with Gasteiger partial charge in [0, 0.05) is 47.0 Å². The Hall–Kier alpha value is -5.16. The molecule has 1 aliphatic rings. The zero-order valence-corrected chi connectivity index (χ0v) is 35.2. The second kappa shape index (κ2) is 25.9. The molecule has 5 aromatic rings. The lowest BCUT2D eigenvalue weighted by atomic mass is 10.1. The number of aromatic nitrogens is 4. The van der Waals surface area contributed by atoms with Crippen molar-refractivity contribution in [2.24, 2.45) is 5.92 Å². The Kier molecular flexibility index (Phi) is 22.6. The Balaban J connectivity index is 0.00000151. The van der Waals surface area contributed by atoms with E-state index in [0.29, 0.717) is 40.5 Å². The number of terminal acetylenes is 3. The normalized spacial score (nSPS) is 11.6. The number of hydrogen-bond donors (Lipinski definition) is 2. The maximum atomic E-state index is 14.6. The number of rotatable bonds is 13. The first-order chi connectivity index (χ1) is 27.6. The van der Waals surface area contributed by atoms with Crippen molar-refractivity contribution < 1.29 is 22.0 Å². The van der Waals surface area contributed by atoms with Crippen LogP contribution < -0.4 is 10.6 Å². The summed E-state index contributed by atoms with van der Waals surface area (Å²) in [6.45, 7) is 12.9. The van der Waals surface area contributed by atoms with Crippen molar-refractivity contribution in [3.63, 3.8) is 0 Å². The van der Waals surface area contributed by atoms with E-state index in [2.05, 4.69) is 71.0 Å². The molecule has 6 rings (SSSR count). The van der Waals surface area contributed by atoms with Crippen LogP contribution in [0, 0.1) is 87.4 Å². The van der Waals surface area contributed by atoms with Gasteiger partial charge in [0.15, 0.2) is 23.3 Å². The highest BCUT2D eigenvalue weighted by atomic mass is 32.2. The van der Waals surface area contributed by atoms with Crippen molar-refractivity contribution in [1.82, 2.24) is 19.9 Å². The highest BCUT2D eigenvalue weighted by Gasteiger charge is 2.29. The maximum Gasteiger partial charge on any atom is 0.225 e. The summed E-state index contributed by atoms with van der Waals surface area (Å²) >= 11 is 3.18. The second-order valence-corrected chi connectivity index (χ2v) is 13.8. The minimum absolute atomic E-state index is 0.0364. The summed E-state index contributed by atoms with van der Waals surface area (Å²) < 4.78 is 72.0. The number of aryl methyl sites for hydroxylation is 1. The first-order valence-corrected chi connectivity index (χ1v) is 20.3. The standard InChI is InChI=1S/C34H33F5N6S2.2C2H6.3C2H2/c1-4-19(16-46-22-9-7-21(35)8-10-22)11-13-41-32-25(33-44-31-24(47-33)12-14-40-30(31)20-5-6-20)18(3)43-34(45-32)42-15-23-28(38)26(36)17(2)27(37)29(23)39;5*1-2/h7-10,12,14,19-20H,4-6,11,13,15-16H2,1-3H3,(H2,41,42,43,45);2*1-2H3;3*1-2H/t19-;;;;;/m0...../s1. The predicted molar refractivity (Wildman–Crippen MR) is 230 cm³/mol. The molecule has 2 aromatic carbocycles. The number of hydrogen-bond acceptors (Lipinski definition) is 8. The fraction of sp³-hybridized carbons (Fsp3) is 0.364. The molecule has 6 nitrogen and oxygen atoms in total. The molecule has 0 saturated heterocycles. The number of thiazole rings is 1. The molecular formula is C44H51F5N6S2. The first kappa shape index (κ1) is 49.9. The molecule has 57 heavy (non-hydrogen) atoms. The molecule has 3 heterocycles. The molecule has 0 unspecified atom stereocenters. The third kappa shape index (κ3) is 13.2. The topological polar surface area (TPSA) is 75.6 Å². The number of thioether (sulfide) groups is 1. The molecule has 0 bridgehead atoms. The average molecular weight is 823 g/mol. The van der Waals surface area contributed by atoms with Crippen LogP contribution in [0.1, 0.15) is 88.7 Å². The molecule has 3 aromatic heterocycles. The summed E-state index contributed by atoms with van der Waals surface area (Å²) in [6.07, 6.45) is 29.7. The number of halogens is 5. The molecule has 0 aliphatic heterocycles. The SMILES string of the molecule is C#C.C#C.C#C.CC.CC.CC[C@@H](CCNc1nc(NCc2c(F)c(F)c(C)c(F)c2F)nc(C)c1-c1nc2c(C3CC3)nccc2s1)CSc1ccc(F)cc1. The van der Waals surface area contributed by atoms with E-state index in [1.165, 1.54) is 23.5 Å². The first-order valence-electron chi connectivity index (χ1n) is 18.5. The monoisotopic (exact) mass is 822 g/mol. The average Bonchev–Trinajstić information content (AvgIpc) is 4.02. The summed E-state index contributed by atoms with van der Waals surface area (Å²) in [5, 5.41) is 6.90. The van der Waals surface area contributed by atoms with E-state index in [4.69, 9.17) is 4.98 Å². The number of fused-ring (bicyclic) bond motifs is 1. The number of anilines is 2. The van der Waals surface area contributed by atoms with Gasteiger partial charge in [0.05, 0.1) is 21.7 Å². The van der Waals surface area contributed by atoms with Gasteiger partial charge in [-0.2, -0.15) is 4.98 Å². The molecule has 2 N–H and O–H groups in total. The van der Waals surface area contributed by atoms with Crippen LogP contribution in [0.25, 0.3) is 20.8 Å². The number of benzene rings is 2. The van der Waals surface area contributed by atoms with Gasteiger partial charge in [-0.15, -0.1) is 61.6 Å². The van der Waals surface area contributed by atoms with E-state index in [1.807, 2.05) is 33.8 Å². The zero-order valence-electron chi connectivity index (χ0n) is 33.5. The van der Waals surface area contributed by atoms with Gasteiger partial charge in [-0.1, -0.05) is 41.0 Å². The largest absolute Gasteiger partial charge is 0.369 e. The molecule has 0 radical (unpaired) electrons. The van der Waals surface area contributed by atoms with Gasteiger partial charge in [-0.3, -0.25) is 4.98 Å². The second-order valence-electron chi connectivity index (χ2n) is 11.7. The molecule has 1 aliphatic carbocycles. The van der Waals surface area contributed by atoms with Gasteiger partial charge in [0.25, 0.3) is 0 Å². The highest BCUT2D eigenvalue weighted by molar-refractivity contribution is 7.99. The third-order valence-corrected chi connectivity index (χ3v) is 10.6. The van der Waals surface area contributed by atoms with Crippen LogP contribution in [-0.2, 0) is 6.54 Å². The van der Waals surface area contributed by atoms with Crippen molar-refractivity contribution in [3.05, 3.63) is 88.1 Å². The van der Waals surface area contributed by atoms with Crippen molar-refractivity contribution in [2.75, 3.05) is 22.9 Å². The molecule has 0 amide bonds. The van der Waals surface area contributed by atoms with E-state index in [-0.39, 0.29) is 11.8 Å². The summed E-state index contributed by atoms with van der Waals surface area (Å²) in [5.74, 6) is -3.93. The van der Waals surface area contributed by atoms with Crippen molar-refractivity contribution in [1.29, 1.82) is 0 Å². The molecule has 1 atom stereocenters. The Morgan fingerprint density at radius 1 is 0.807 bits per heavy atom. The predicted octanol–water partition coefficient (Wildman–Crippen LogP) is 12.4. The van der Waals surface area contributed by atoms with Crippen LogP contribution in [0.15, 0.2) is 41.4 Å². The van der Waals surface area contributed by atoms with Gasteiger partial charge in [0.2, 0.25) is 5.95 Å². The maximum absolute atomic E-state index is 14.6. The Bertz CT molecular complexity index is 2010. The summed E-state index contributed by atoms with van der Waals surface area (Å²) in [5.41, 5.74) is 1.61. The summed E-state index contributed by atoms with van der Waals surface area (Å²) in [7, 11) is 0. The van der Waals surface area contributed by atoms with Crippen LogP contribution in [0.5, 0.6) is 0 Å². The van der Waals surface area contributed by atoms with Gasteiger partial charge in [0.1, 0.15) is 22.2 Å². The van der Waals surface area contributed by atoms with Crippen LogP contribution in [-0.4, -0.2) is 32.2 Å². The van der Waals surface area contributed by atoms with Crippen LogP contribution in [0.4, 0.5) is 33.7 Å². The van der Waals surface area contributed by atoms with Crippen molar-refractivity contribution >= 4 is 45.1 Å². The lowest BCUT2D eigenvalue weighted by Gasteiger charge is -2.18. The van der Waals surface area contributed by atoms with Gasteiger partial charge in [-0.05, 0) is 69.4 Å². The van der Waals surface area contributed by atoms with Gasteiger partial charge >= 0.3 is 0 Å². The quantitative estimate of drug-likeness (QED) is 0.0530. The Labute approximate surface area is 343 Å². The van der Waals surface area contributed by atoms with Crippen LogP contribution in [0.2, 0.25) is 0 Å². The molecule has 304 valence electrons. The Morgan fingerprint density at radius 2 is 1.40 bits per heavy atom. The van der Waals surface area contributed by atoms with Gasteiger partial charge in [-0.25, -0.2) is 31.9 Å². The molecule has 13 heteroatoms. The summed E-state index contributed by atoms with van der Waals surface area (Å²) in [4.78, 5) is 19.8. The number of nitrogens with zero attached hydrogens (tertiary/aromatic N) is 4. The number of nitrogens with one attached hydrogen (secondary N) is 2. The number of pyridine rings is 1. The summed E-state index contributed by atoms with van der Waals surface area (Å²) in [6, 6.07) is 8.39. The lowest BCUT2D eigenvalue weighted by Crippen LogP contribution is -2.15. The molecule has 1 fully saturated rings. The third-order valence-electron chi connectivity index (χ3n) is 8.32. The van der Waals surface area contributed by atoms with Crippen molar-refractivity contribution in [3.8, 4) is 49.1 Å². The highest BCUT2D eigenvalue weighted by Crippen LogP contribution is 2.44. The Morgan fingerprint density at radius 3 is 1.96 bits per heavy atom. The minimum atomic E-state index is -1.46. The van der Waals surface area contributed by atoms with E-state index in [1.54, 1.807) is 37.0 Å². The van der Waals surface area contributed by atoms with E-state index < -0.39 is 40.9 Å². The molecule has 1 saturated carbocycles. The van der Waals surface area contributed by atoms with Gasteiger partial charge < -0.3 is 10.6 Å². The van der Waals surface area contributed by atoms with E-state index in [0.717, 1.165) is 59.2 Å². The molecule has 0 spiro atoms. The smallest absolute Gasteiger partial charge is 0.225 e. The minimum Gasteiger partial charge on any atom is -0.369 e. The van der Waals surface area contributed by atoms with E-state index >= 15 is 0 Å². The lowest BCUT2D eigenvalue weighted by molar-refractivity contribution is 0.432. The molecular weight excluding hydrogens is 772 g/mol. The fourth-order valence-corrected chi connectivity index (χ4v) is 7.55. The van der Waals surface area contributed by atoms with Crippen LogP contribution >= 0.6 is 23.1 Å². The zero-order chi connectivity index (χ0) is 43.2. The fourth-order valence-electron chi connectivity index (χ4n) is 5.33. The van der Waals surface area contributed by atoms with E-state index in [9.17, 15) is 22.0 Å². The van der Waals surface area contributed by atoms with Crippen molar-refractivity contribution in [2.45, 2.75) is 91.5 Å². The van der Waals surface area contributed by atoms with Crippen LogP contribution in [0.3, 0.4) is 0 Å².